The van der Waals surface area contributed by atoms with Crippen LogP contribution in [0.15, 0.2) is 30.3 Å². The van der Waals surface area contributed by atoms with Crippen molar-refractivity contribution in [1.82, 2.24) is 4.98 Å². The van der Waals surface area contributed by atoms with Crippen LogP contribution in [0.1, 0.15) is 21.7 Å². The van der Waals surface area contributed by atoms with Crippen molar-refractivity contribution in [1.29, 1.82) is 0 Å². The quantitative estimate of drug-likeness (QED) is 0.917. The van der Waals surface area contributed by atoms with Gasteiger partial charge in [-0.2, -0.15) is 0 Å². The van der Waals surface area contributed by atoms with E-state index >= 15 is 0 Å². The Morgan fingerprint density at radius 2 is 2.00 bits per heavy atom. The van der Waals surface area contributed by atoms with Gasteiger partial charge in [-0.3, -0.25) is 0 Å². The van der Waals surface area contributed by atoms with Gasteiger partial charge in [0.2, 0.25) is 0 Å². The first kappa shape index (κ1) is 14.8. The smallest absolute Gasteiger partial charge is 0.358 e. The number of aromatic nitrogens is 1. The van der Waals surface area contributed by atoms with Crippen LogP contribution in [0.25, 0.3) is 0 Å². The molecule has 110 valence electrons. The third-order valence-corrected chi connectivity index (χ3v) is 2.81. The van der Waals surface area contributed by atoms with Crippen molar-refractivity contribution < 1.29 is 23.8 Å². The summed E-state index contributed by atoms with van der Waals surface area (Å²) >= 11 is 0. The molecule has 0 unspecified atom stereocenters. The molecular formula is C15H14FNO4. The van der Waals surface area contributed by atoms with Gasteiger partial charge in [0.25, 0.3) is 0 Å². The number of hydrogen-bond donors (Lipinski definition) is 1. The SMILES string of the molecule is COc1ccc(COc2ccc(C)nc2C(=O)O)cc1F. The van der Waals surface area contributed by atoms with Crippen LogP contribution < -0.4 is 9.47 Å². The number of halogens is 1. The number of methoxy groups -OCH3 is 1. The van der Waals surface area contributed by atoms with E-state index in [1.54, 1.807) is 19.1 Å². The lowest BCUT2D eigenvalue weighted by Crippen LogP contribution is -2.07. The average Bonchev–Trinajstić information content (AvgIpc) is 2.46. The van der Waals surface area contributed by atoms with Crippen LogP contribution in [0.5, 0.6) is 11.5 Å². The highest BCUT2D eigenvalue weighted by Crippen LogP contribution is 2.21. The fourth-order valence-electron chi connectivity index (χ4n) is 1.77. The molecule has 0 aliphatic carbocycles. The molecule has 0 saturated carbocycles. The lowest BCUT2D eigenvalue weighted by atomic mass is 10.2. The molecule has 1 N–H and O–H groups in total. The fourth-order valence-corrected chi connectivity index (χ4v) is 1.77. The predicted octanol–water partition coefficient (Wildman–Crippen LogP) is 2.81. The van der Waals surface area contributed by atoms with Crippen molar-refractivity contribution in [2.45, 2.75) is 13.5 Å². The molecule has 0 spiro atoms. The number of nitrogens with zero attached hydrogens (tertiary/aromatic N) is 1. The molecule has 0 bridgehead atoms. The molecule has 6 heteroatoms. The van der Waals surface area contributed by atoms with Gasteiger partial charge in [0.1, 0.15) is 6.61 Å². The summed E-state index contributed by atoms with van der Waals surface area (Å²) in [6, 6.07) is 7.59. The van der Waals surface area contributed by atoms with Gasteiger partial charge in [0.15, 0.2) is 23.0 Å². The Labute approximate surface area is 121 Å². The van der Waals surface area contributed by atoms with Gasteiger partial charge in [-0.15, -0.1) is 0 Å². The zero-order chi connectivity index (χ0) is 15.4. The molecule has 1 aromatic carbocycles. The van der Waals surface area contributed by atoms with Gasteiger partial charge in [0, 0.05) is 5.69 Å². The summed E-state index contributed by atoms with van der Waals surface area (Å²) in [5.74, 6) is -1.39. The Morgan fingerprint density at radius 1 is 1.29 bits per heavy atom. The van der Waals surface area contributed by atoms with E-state index in [2.05, 4.69) is 4.98 Å². The van der Waals surface area contributed by atoms with Crippen molar-refractivity contribution >= 4 is 5.97 Å². The van der Waals surface area contributed by atoms with E-state index in [0.29, 0.717) is 11.3 Å². The topological polar surface area (TPSA) is 68.7 Å². The molecule has 0 atom stereocenters. The van der Waals surface area contributed by atoms with Crippen LogP contribution in [-0.2, 0) is 6.61 Å². The number of pyridine rings is 1. The first-order valence-corrected chi connectivity index (χ1v) is 6.17. The number of aromatic carboxylic acids is 1. The fraction of sp³-hybridized carbons (Fsp3) is 0.200. The summed E-state index contributed by atoms with van der Waals surface area (Å²) in [4.78, 5) is 15.0. The molecule has 5 nitrogen and oxygen atoms in total. The third kappa shape index (κ3) is 3.47. The normalized spacial score (nSPS) is 10.2. The molecule has 0 fully saturated rings. The van der Waals surface area contributed by atoms with Crippen LogP contribution in [0.4, 0.5) is 4.39 Å². The highest BCUT2D eigenvalue weighted by atomic mass is 19.1. The summed E-state index contributed by atoms with van der Waals surface area (Å²) in [5.41, 5.74) is 0.976. The largest absolute Gasteiger partial charge is 0.494 e. The molecule has 2 rings (SSSR count). The number of hydrogen-bond acceptors (Lipinski definition) is 4. The predicted molar refractivity (Wildman–Crippen MR) is 73.2 cm³/mol. The Balaban J connectivity index is 2.16. The lowest BCUT2D eigenvalue weighted by Gasteiger charge is -2.10. The minimum Gasteiger partial charge on any atom is -0.494 e. The van der Waals surface area contributed by atoms with E-state index in [-0.39, 0.29) is 23.8 Å². The molecular weight excluding hydrogens is 277 g/mol. The number of aryl methyl sites for hydroxylation is 1. The van der Waals surface area contributed by atoms with Crippen molar-refractivity contribution in [3.8, 4) is 11.5 Å². The number of carboxylic acid groups (broad SMARTS) is 1. The van der Waals surface area contributed by atoms with Gasteiger partial charge in [-0.05, 0) is 36.8 Å². The second kappa shape index (κ2) is 6.21. The van der Waals surface area contributed by atoms with Crippen LogP contribution in [0.3, 0.4) is 0 Å². The first-order chi connectivity index (χ1) is 10.0. The van der Waals surface area contributed by atoms with Crippen molar-refractivity contribution in [3.05, 3.63) is 53.1 Å². The highest BCUT2D eigenvalue weighted by Gasteiger charge is 2.14. The van der Waals surface area contributed by atoms with E-state index in [1.807, 2.05) is 0 Å². The molecule has 1 heterocycles. The molecule has 21 heavy (non-hydrogen) atoms. The van der Waals surface area contributed by atoms with E-state index in [4.69, 9.17) is 14.6 Å². The number of benzene rings is 1. The molecule has 1 aromatic heterocycles. The summed E-state index contributed by atoms with van der Waals surface area (Å²) in [7, 11) is 1.38. The maximum atomic E-state index is 13.5. The third-order valence-electron chi connectivity index (χ3n) is 2.81. The Morgan fingerprint density at radius 3 is 2.62 bits per heavy atom. The zero-order valence-corrected chi connectivity index (χ0v) is 11.6. The number of carbonyl (C=O) groups is 1. The summed E-state index contributed by atoms with van der Waals surface area (Å²) < 4.78 is 23.8. The van der Waals surface area contributed by atoms with Crippen LogP contribution in [0, 0.1) is 12.7 Å². The molecule has 0 saturated heterocycles. The van der Waals surface area contributed by atoms with Crippen molar-refractivity contribution in [3.63, 3.8) is 0 Å². The monoisotopic (exact) mass is 291 g/mol. The minimum absolute atomic E-state index is 0.0337. The molecule has 0 radical (unpaired) electrons. The number of carboxylic acids is 1. The van der Waals surface area contributed by atoms with Crippen molar-refractivity contribution in [2.75, 3.05) is 7.11 Å². The standard InChI is InChI=1S/C15H14FNO4/c1-9-3-5-13(14(17-9)15(18)19)21-8-10-4-6-12(20-2)11(16)7-10/h3-7H,8H2,1-2H3,(H,18,19). The maximum absolute atomic E-state index is 13.5. The first-order valence-electron chi connectivity index (χ1n) is 6.17. The Bertz CT molecular complexity index is 673. The maximum Gasteiger partial charge on any atom is 0.358 e. The summed E-state index contributed by atoms with van der Waals surface area (Å²) in [6.45, 7) is 1.72. The van der Waals surface area contributed by atoms with Gasteiger partial charge < -0.3 is 14.6 Å². The van der Waals surface area contributed by atoms with Gasteiger partial charge in [0.05, 0.1) is 7.11 Å². The van der Waals surface area contributed by atoms with Gasteiger partial charge in [-0.25, -0.2) is 14.2 Å². The lowest BCUT2D eigenvalue weighted by molar-refractivity contribution is 0.0684. The minimum atomic E-state index is -1.17. The second-order valence-corrected chi connectivity index (χ2v) is 4.36. The van der Waals surface area contributed by atoms with Crippen LogP contribution in [-0.4, -0.2) is 23.2 Å². The number of rotatable bonds is 5. The number of ether oxygens (including phenoxy) is 2. The van der Waals surface area contributed by atoms with Crippen LogP contribution >= 0.6 is 0 Å². The molecule has 0 aliphatic rings. The molecule has 2 aromatic rings. The molecule has 0 aliphatic heterocycles. The highest BCUT2D eigenvalue weighted by molar-refractivity contribution is 5.88. The van der Waals surface area contributed by atoms with E-state index < -0.39 is 11.8 Å². The molecule has 0 amide bonds. The van der Waals surface area contributed by atoms with Crippen molar-refractivity contribution in [2.24, 2.45) is 0 Å². The zero-order valence-electron chi connectivity index (χ0n) is 11.6. The van der Waals surface area contributed by atoms with E-state index in [9.17, 15) is 9.18 Å². The summed E-state index contributed by atoms with van der Waals surface area (Å²) in [5, 5.41) is 9.08. The van der Waals surface area contributed by atoms with Crippen LogP contribution in [0.2, 0.25) is 0 Å². The van der Waals surface area contributed by atoms with Gasteiger partial charge >= 0.3 is 5.97 Å². The Kier molecular flexibility index (Phi) is 4.37. The summed E-state index contributed by atoms with van der Waals surface area (Å²) in [6.07, 6.45) is 0. The average molecular weight is 291 g/mol. The van der Waals surface area contributed by atoms with E-state index in [0.717, 1.165) is 0 Å². The van der Waals surface area contributed by atoms with Gasteiger partial charge in [-0.1, -0.05) is 6.07 Å². The Hall–Kier alpha value is -2.63. The van der Waals surface area contributed by atoms with E-state index in [1.165, 1.54) is 25.3 Å². The second-order valence-electron chi connectivity index (χ2n) is 4.36.